The number of hydrogen-bond acceptors (Lipinski definition) is 4. The number of aromatic nitrogens is 5. The Balaban J connectivity index is 1.77. The Kier molecular flexibility index (Phi) is 5.35. The van der Waals surface area contributed by atoms with E-state index in [1.54, 1.807) is 11.1 Å². The molecule has 4 aromatic rings. The van der Waals surface area contributed by atoms with Crippen molar-refractivity contribution in [2.45, 2.75) is 40.4 Å². The molecule has 0 saturated carbocycles. The molecule has 0 aliphatic heterocycles. The summed E-state index contributed by atoms with van der Waals surface area (Å²) < 4.78 is 3.84. The zero-order valence-corrected chi connectivity index (χ0v) is 17.8. The third-order valence-corrected chi connectivity index (χ3v) is 5.48. The lowest BCUT2D eigenvalue weighted by Crippen LogP contribution is -2.27. The molecule has 0 aliphatic carbocycles. The first-order valence-electron chi connectivity index (χ1n) is 10.2. The first kappa shape index (κ1) is 19.8. The van der Waals surface area contributed by atoms with Crippen LogP contribution in [0.1, 0.15) is 35.6 Å². The summed E-state index contributed by atoms with van der Waals surface area (Å²) in [6.07, 6.45) is 3.60. The summed E-state index contributed by atoms with van der Waals surface area (Å²) in [5.74, 6) is -0.0424. The fourth-order valence-corrected chi connectivity index (χ4v) is 3.81. The molecule has 0 fully saturated rings. The minimum absolute atomic E-state index is 0.0424. The second-order valence-electron chi connectivity index (χ2n) is 7.33. The molecule has 1 amide bonds. The van der Waals surface area contributed by atoms with Crippen LogP contribution >= 0.6 is 0 Å². The molecular weight excluding hydrogens is 376 g/mol. The predicted molar refractivity (Wildman–Crippen MR) is 117 cm³/mol. The summed E-state index contributed by atoms with van der Waals surface area (Å²) in [4.78, 5) is 20.0. The van der Waals surface area contributed by atoms with Crippen LogP contribution in [0.2, 0.25) is 0 Å². The van der Waals surface area contributed by atoms with E-state index in [4.69, 9.17) is 4.98 Å². The first-order chi connectivity index (χ1) is 14.5. The van der Waals surface area contributed by atoms with E-state index < -0.39 is 0 Å². The van der Waals surface area contributed by atoms with E-state index in [-0.39, 0.29) is 5.91 Å². The number of amides is 1. The summed E-state index contributed by atoms with van der Waals surface area (Å²) in [5, 5.41) is 9.59. The largest absolute Gasteiger partial charge is 0.336 e. The van der Waals surface area contributed by atoms with Crippen LogP contribution in [0.4, 0.5) is 0 Å². The molecule has 7 heteroatoms. The van der Waals surface area contributed by atoms with E-state index in [0.29, 0.717) is 12.1 Å². The van der Waals surface area contributed by atoms with Crippen molar-refractivity contribution >= 4 is 16.8 Å². The highest BCUT2D eigenvalue weighted by Crippen LogP contribution is 2.28. The number of pyridine rings is 1. The number of benzene rings is 1. The minimum Gasteiger partial charge on any atom is -0.336 e. The number of aryl methyl sites for hydroxylation is 2. The maximum atomic E-state index is 13.5. The van der Waals surface area contributed by atoms with Crippen LogP contribution in [-0.4, -0.2) is 42.4 Å². The van der Waals surface area contributed by atoms with Crippen molar-refractivity contribution in [2.24, 2.45) is 0 Å². The molecule has 0 spiro atoms. The number of fused-ring (bicyclic) bond motifs is 1. The van der Waals surface area contributed by atoms with Gasteiger partial charge in [-0.15, -0.1) is 0 Å². The monoisotopic (exact) mass is 402 g/mol. The summed E-state index contributed by atoms with van der Waals surface area (Å²) in [7, 11) is 1.82. The Labute approximate surface area is 176 Å². The highest BCUT2D eigenvalue weighted by atomic mass is 16.2. The highest BCUT2D eigenvalue weighted by Gasteiger charge is 2.20. The Morgan fingerprint density at radius 1 is 1.07 bits per heavy atom. The van der Waals surface area contributed by atoms with Crippen molar-refractivity contribution in [3.63, 3.8) is 0 Å². The van der Waals surface area contributed by atoms with Gasteiger partial charge in [-0.2, -0.15) is 10.2 Å². The van der Waals surface area contributed by atoms with Gasteiger partial charge in [-0.05, 0) is 39.0 Å². The Morgan fingerprint density at radius 2 is 1.83 bits per heavy atom. The summed E-state index contributed by atoms with van der Waals surface area (Å²) >= 11 is 0. The van der Waals surface area contributed by atoms with Gasteiger partial charge in [0.05, 0.1) is 35.2 Å². The van der Waals surface area contributed by atoms with E-state index in [1.165, 1.54) is 0 Å². The van der Waals surface area contributed by atoms with Crippen LogP contribution in [0.25, 0.3) is 22.2 Å². The second-order valence-corrected chi connectivity index (χ2v) is 7.33. The van der Waals surface area contributed by atoms with Gasteiger partial charge in [0.15, 0.2) is 0 Å². The summed E-state index contributed by atoms with van der Waals surface area (Å²) in [6, 6.07) is 11.6. The molecule has 1 aromatic carbocycles. The third-order valence-electron chi connectivity index (χ3n) is 5.48. The Bertz CT molecular complexity index is 1210. The number of carbonyl (C=O) groups is 1. The van der Waals surface area contributed by atoms with Crippen molar-refractivity contribution in [2.75, 3.05) is 7.05 Å². The molecule has 7 nitrogen and oxygen atoms in total. The number of nitrogens with zero attached hydrogens (tertiary/aromatic N) is 6. The SMILES string of the molecule is CCn1nccc1CN(C)C(=O)c1cc(-c2cnn(CC)c2C)nc2ccccc12. The molecule has 154 valence electrons. The topological polar surface area (TPSA) is 68.8 Å². The number of hydrogen-bond donors (Lipinski definition) is 0. The van der Waals surface area contributed by atoms with Crippen LogP contribution in [0.15, 0.2) is 48.8 Å². The van der Waals surface area contributed by atoms with Crippen molar-refractivity contribution in [3.05, 3.63) is 65.7 Å². The molecule has 0 N–H and O–H groups in total. The van der Waals surface area contributed by atoms with Gasteiger partial charge in [-0.25, -0.2) is 4.98 Å². The smallest absolute Gasteiger partial charge is 0.254 e. The minimum atomic E-state index is -0.0424. The van der Waals surface area contributed by atoms with Crippen LogP contribution in [0, 0.1) is 6.92 Å². The number of rotatable bonds is 6. The van der Waals surface area contributed by atoms with E-state index in [2.05, 4.69) is 17.1 Å². The highest BCUT2D eigenvalue weighted by molar-refractivity contribution is 6.07. The van der Waals surface area contributed by atoms with Crippen molar-refractivity contribution < 1.29 is 4.79 Å². The molecule has 0 radical (unpaired) electrons. The average Bonchev–Trinajstić information content (AvgIpc) is 3.37. The van der Waals surface area contributed by atoms with E-state index >= 15 is 0 Å². The zero-order chi connectivity index (χ0) is 21.3. The molecule has 4 rings (SSSR count). The predicted octanol–water partition coefficient (Wildman–Crippen LogP) is 3.92. The number of para-hydroxylation sites is 1. The average molecular weight is 403 g/mol. The fraction of sp³-hybridized carbons (Fsp3) is 0.304. The molecule has 0 aliphatic rings. The first-order valence-corrected chi connectivity index (χ1v) is 10.2. The molecule has 3 heterocycles. The van der Waals surface area contributed by atoms with Crippen LogP contribution in [0.3, 0.4) is 0 Å². The second kappa shape index (κ2) is 8.10. The lowest BCUT2D eigenvalue weighted by Gasteiger charge is -2.19. The Hall–Kier alpha value is -3.48. The molecule has 0 unspecified atom stereocenters. The van der Waals surface area contributed by atoms with Crippen LogP contribution < -0.4 is 0 Å². The summed E-state index contributed by atoms with van der Waals surface area (Å²) in [6.45, 7) is 8.18. The van der Waals surface area contributed by atoms with Crippen molar-refractivity contribution in [1.29, 1.82) is 0 Å². The Morgan fingerprint density at radius 3 is 2.57 bits per heavy atom. The maximum absolute atomic E-state index is 13.5. The van der Waals surface area contributed by atoms with E-state index in [9.17, 15) is 4.79 Å². The lowest BCUT2D eigenvalue weighted by atomic mass is 10.0. The number of carbonyl (C=O) groups excluding carboxylic acids is 1. The standard InChI is InChI=1S/C23H26N6O/c1-5-28-16(3)20(14-25-28)22-13-19(18-9-7-8-10-21(18)26-22)23(30)27(4)15-17-11-12-24-29(17)6-2/h7-14H,5-6,15H2,1-4H3. The molecule has 30 heavy (non-hydrogen) atoms. The quantitative estimate of drug-likeness (QED) is 0.490. The van der Waals surface area contributed by atoms with Gasteiger partial charge in [-0.3, -0.25) is 14.2 Å². The molecule has 0 bridgehead atoms. The van der Waals surface area contributed by atoms with E-state index in [0.717, 1.165) is 46.6 Å². The van der Waals surface area contributed by atoms with Crippen molar-refractivity contribution in [3.8, 4) is 11.3 Å². The molecule has 0 saturated heterocycles. The van der Waals surface area contributed by atoms with Gasteiger partial charge in [0, 0.05) is 43.0 Å². The van der Waals surface area contributed by atoms with Crippen LogP contribution in [-0.2, 0) is 19.6 Å². The van der Waals surface area contributed by atoms with Gasteiger partial charge in [0.1, 0.15) is 0 Å². The van der Waals surface area contributed by atoms with Crippen molar-refractivity contribution in [1.82, 2.24) is 29.4 Å². The van der Waals surface area contributed by atoms with Gasteiger partial charge in [0.25, 0.3) is 5.91 Å². The molecule has 3 aromatic heterocycles. The third kappa shape index (κ3) is 3.47. The molecule has 0 atom stereocenters. The fourth-order valence-electron chi connectivity index (χ4n) is 3.81. The van der Waals surface area contributed by atoms with E-state index in [1.807, 2.05) is 72.9 Å². The lowest BCUT2D eigenvalue weighted by molar-refractivity contribution is 0.0783. The van der Waals surface area contributed by atoms with Crippen LogP contribution in [0.5, 0.6) is 0 Å². The van der Waals surface area contributed by atoms with Gasteiger partial charge in [-0.1, -0.05) is 18.2 Å². The normalized spacial score (nSPS) is 11.2. The zero-order valence-electron chi connectivity index (χ0n) is 17.8. The molecular formula is C23H26N6O. The van der Waals surface area contributed by atoms with Gasteiger partial charge < -0.3 is 4.90 Å². The van der Waals surface area contributed by atoms with Gasteiger partial charge >= 0.3 is 0 Å². The maximum Gasteiger partial charge on any atom is 0.254 e. The van der Waals surface area contributed by atoms with Gasteiger partial charge in [0.2, 0.25) is 0 Å². The summed E-state index contributed by atoms with van der Waals surface area (Å²) in [5.41, 5.74) is 5.20.